The molecule has 1 unspecified atom stereocenters. The molecular formula is C45H38N4. The molecule has 1 aromatic heterocycles. The first-order valence-corrected chi connectivity index (χ1v) is 16.9. The van der Waals surface area contributed by atoms with Crippen LogP contribution >= 0.6 is 0 Å². The van der Waals surface area contributed by atoms with E-state index in [1.54, 1.807) is 0 Å². The van der Waals surface area contributed by atoms with Crippen molar-refractivity contribution in [2.75, 3.05) is 0 Å². The lowest BCUT2D eigenvalue weighted by Gasteiger charge is -2.26. The predicted molar refractivity (Wildman–Crippen MR) is 205 cm³/mol. The number of hydrogen-bond acceptors (Lipinski definition) is 4. The minimum absolute atomic E-state index is 0.151. The molecule has 238 valence electrons. The van der Waals surface area contributed by atoms with E-state index < -0.39 is 0 Å². The molecule has 0 radical (unpaired) electrons. The number of amidine groups is 2. The molecule has 6 aromatic carbocycles. The SMILES string of the molecule is Cc1ccc(-c2cc(-c3cc4ccccc4c4ccccc34)cc(C3N=C(c4ccccc4)N=C(c4ccccc4)N3)c2)c(C(C)(C)C)n1. The maximum atomic E-state index is 5.27. The highest BCUT2D eigenvalue weighted by molar-refractivity contribution is 6.14. The van der Waals surface area contributed by atoms with E-state index in [1.165, 1.54) is 27.1 Å². The lowest BCUT2D eigenvalue weighted by atomic mass is 9.84. The highest BCUT2D eigenvalue weighted by atomic mass is 15.2. The zero-order valence-electron chi connectivity index (χ0n) is 28.3. The molecule has 8 rings (SSSR count). The second-order valence-electron chi connectivity index (χ2n) is 13.8. The lowest BCUT2D eigenvalue weighted by molar-refractivity contribution is 0.569. The topological polar surface area (TPSA) is 49.6 Å². The zero-order valence-corrected chi connectivity index (χ0v) is 28.3. The maximum absolute atomic E-state index is 5.27. The Hall–Kier alpha value is -5.87. The van der Waals surface area contributed by atoms with Gasteiger partial charge in [-0.1, -0.05) is 136 Å². The van der Waals surface area contributed by atoms with Crippen molar-refractivity contribution < 1.29 is 0 Å². The van der Waals surface area contributed by atoms with E-state index in [1.807, 2.05) is 36.4 Å². The van der Waals surface area contributed by atoms with E-state index in [2.05, 4.69) is 142 Å². The molecule has 0 fully saturated rings. The average molecular weight is 635 g/mol. The number of hydrogen-bond donors (Lipinski definition) is 1. The van der Waals surface area contributed by atoms with Gasteiger partial charge in [-0.3, -0.25) is 4.98 Å². The first kappa shape index (κ1) is 30.5. The molecule has 0 aliphatic carbocycles. The van der Waals surface area contributed by atoms with E-state index in [0.29, 0.717) is 5.84 Å². The fraction of sp³-hybridized carbons (Fsp3) is 0.133. The van der Waals surface area contributed by atoms with Crippen LogP contribution in [0.3, 0.4) is 0 Å². The molecule has 7 aromatic rings. The van der Waals surface area contributed by atoms with Gasteiger partial charge >= 0.3 is 0 Å². The van der Waals surface area contributed by atoms with Crippen LogP contribution < -0.4 is 5.32 Å². The van der Waals surface area contributed by atoms with Crippen LogP contribution in [0.15, 0.2) is 156 Å². The molecule has 4 nitrogen and oxygen atoms in total. The van der Waals surface area contributed by atoms with Gasteiger partial charge in [0.2, 0.25) is 0 Å². The molecule has 0 saturated heterocycles. The summed E-state index contributed by atoms with van der Waals surface area (Å²) in [7, 11) is 0. The molecule has 1 aliphatic heterocycles. The third-order valence-electron chi connectivity index (χ3n) is 9.23. The summed E-state index contributed by atoms with van der Waals surface area (Å²) in [5, 5.41) is 8.65. The predicted octanol–water partition coefficient (Wildman–Crippen LogP) is 10.8. The molecule has 2 heterocycles. The third-order valence-corrected chi connectivity index (χ3v) is 9.23. The van der Waals surface area contributed by atoms with Crippen LogP contribution in [0.2, 0.25) is 0 Å². The zero-order chi connectivity index (χ0) is 33.5. The Labute approximate surface area is 287 Å². The van der Waals surface area contributed by atoms with Gasteiger partial charge in [-0.25, -0.2) is 9.98 Å². The lowest BCUT2D eigenvalue weighted by Crippen LogP contribution is -2.33. The van der Waals surface area contributed by atoms with Gasteiger partial charge in [-0.2, -0.15) is 0 Å². The third kappa shape index (κ3) is 5.91. The summed E-state index contributed by atoms with van der Waals surface area (Å²) in [5.74, 6) is 1.51. The van der Waals surface area contributed by atoms with Crippen molar-refractivity contribution in [1.29, 1.82) is 0 Å². The van der Waals surface area contributed by atoms with Crippen LogP contribution in [0.4, 0.5) is 0 Å². The quantitative estimate of drug-likeness (QED) is 0.192. The standard InChI is InChI=1S/C45H38N4/c1-29-23-24-37(41(46-29)45(2,3)4)33-25-34(40-28-32-19-11-12-20-36(32)38-21-13-14-22-39(38)40)27-35(26-33)44-48-42(30-15-7-5-8-16-30)47-43(49-44)31-17-9-6-10-18-31/h5-28,44H,1-4H3,(H,47,48,49). The fourth-order valence-corrected chi connectivity index (χ4v) is 6.85. The summed E-state index contributed by atoms with van der Waals surface area (Å²) in [6, 6.07) is 51.5. The molecule has 0 saturated carbocycles. The first-order valence-electron chi connectivity index (χ1n) is 16.9. The van der Waals surface area contributed by atoms with Gasteiger partial charge in [0.05, 0.1) is 5.69 Å². The van der Waals surface area contributed by atoms with Crippen LogP contribution in [-0.4, -0.2) is 16.7 Å². The number of aryl methyl sites for hydroxylation is 1. The van der Waals surface area contributed by atoms with E-state index in [9.17, 15) is 0 Å². The highest BCUT2D eigenvalue weighted by Gasteiger charge is 2.25. The van der Waals surface area contributed by atoms with Gasteiger partial charge in [0.15, 0.2) is 5.84 Å². The molecule has 0 bridgehead atoms. The molecule has 0 amide bonds. The number of nitrogens with one attached hydrogen (secondary N) is 1. The summed E-state index contributed by atoms with van der Waals surface area (Å²) in [6.07, 6.45) is -0.371. The van der Waals surface area contributed by atoms with Gasteiger partial charge < -0.3 is 5.32 Å². The highest BCUT2D eigenvalue weighted by Crippen LogP contribution is 2.40. The first-order chi connectivity index (χ1) is 23.8. The summed E-state index contributed by atoms with van der Waals surface area (Å²) < 4.78 is 0. The maximum Gasteiger partial charge on any atom is 0.159 e. The van der Waals surface area contributed by atoms with Gasteiger partial charge in [0, 0.05) is 27.8 Å². The number of fused-ring (bicyclic) bond motifs is 3. The van der Waals surface area contributed by atoms with Gasteiger partial charge in [0.25, 0.3) is 0 Å². The van der Waals surface area contributed by atoms with Crippen LogP contribution in [-0.2, 0) is 5.41 Å². The Morgan fingerprint density at radius 3 is 1.88 bits per heavy atom. The normalized spacial score (nSPS) is 14.7. The Kier molecular flexibility index (Phi) is 7.64. The second-order valence-corrected chi connectivity index (χ2v) is 13.8. The van der Waals surface area contributed by atoms with Gasteiger partial charge in [-0.05, 0) is 81.1 Å². The fourth-order valence-electron chi connectivity index (χ4n) is 6.85. The van der Waals surface area contributed by atoms with Crippen molar-refractivity contribution in [3.05, 3.63) is 174 Å². The van der Waals surface area contributed by atoms with Crippen LogP contribution in [0.5, 0.6) is 0 Å². The van der Waals surface area contributed by atoms with Crippen molar-refractivity contribution in [3.8, 4) is 22.3 Å². The van der Waals surface area contributed by atoms with Crippen LogP contribution in [0.1, 0.15) is 55.0 Å². The summed E-state index contributed by atoms with van der Waals surface area (Å²) in [6.45, 7) is 8.78. The van der Waals surface area contributed by atoms with Crippen molar-refractivity contribution in [2.24, 2.45) is 9.98 Å². The van der Waals surface area contributed by atoms with E-state index >= 15 is 0 Å². The van der Waals surface area contributed by atoms with Gasteiger partial charge in [-0.15, -0.1) is 0 Å². The van der Waals surface area contributed by atoms with Gasteiger partial charge in [0.1, 0.15) is 12.0 Å². The summed E-state index contributed by atoms with van der Waals surface area (Å²) in [4.78, 5) is 15.4. The summed E-state index contributed by atoms with van der Waals surface area (Å²) >= 11 is 0. The largest absolute Gasteiger partial charge is 0.344 e. The molecular weight excluding hydrogens is 597 g/mol. The number of rotatable bonds is 5. The molecule has 1 aliphatic rings. The number of aromatic nitrogens is 1. The Bertz CT molecular complexity index is 2400. The Morgan fingerprint density at radius 2 is 1.16 bits per heavy atom. The Morgan fingerprint density at radius 1 is 0.551 bits per heavy atom. The number of nitrogens with zero attached hydrogens (tertiary/aromatic N) is 3. The van der Waals surface area contributed by atoms with Crippen molar-refractivity contribution in [3.63, 3.8) is 0 Å². The average Bonchev–Trinajstić information content (AvgIpc) is 3.14. The minimum Gasteiger partial charge on any atom is -0.344 e. The van der Waals surface area contributed by atoms with Crippen molar-refractivity contribution in [1.82, 2.24) is 10.3 Å². The van der Waals surface area contributed by atoms with E-state index in [0.717, 1.165) is 50.6 Å². The number of benzene rings is 6. The Balaban J connectivity index is 1.39. The number of aliphatic imine (C=N–C) groups is 2. The van der Waals surface area contributed by atoms with E-state index in [4.69, 9.17) is 15.0 Å². The second kappa shape index (κ2) is 12.3. The van der Waals surface area contributed by atoms with Crippen LogP contribution in [0.25, 0.3) is 43.8 Å². The molecule has 1 atom stereocenters. The molecule has 49 heavy (non-hydrogen) atoms. The monoisotopic (exact) mass is 634 g/mol. The molecule has 0 spiro atoms. The van der Waals surface area contributed by atoms with Crippen LogP contribution in [0, 0.1) is 6.92 Å². The van der Waals surface area contributed by atoms with Crippen molar-refractivity contribution >= 4 is 33.2 Å². The smallest absolute Gasteiger partial charge is 0.159 e. The number of pyridine rings is 1. The molecule has 4 heteroatoms. The summed E-state index contributed by atoms with van der Waals surface area (Å²) in [5.41, 5.74) is 9.57. The minimum atomic E-state index is -0.371. The van der Waals surface area contributed by atoms with Crippen molar-refractivity contribution in [2.45, 2.75) is 39.3 Å². The van der Waals surface area contributed by atoms with E-state index in [-0.39, 0.29) is 11.6 Å². The molecule has 1 N–H and O–H groups in total.